The van der Waals surface area contributed by atoms with Gasteiger partial charge in [0.1, 0.15) is 0 Å². The molecule has 2 fully saturated rings. The molecule has 0 atom stereocenters. The molecule has 0 bridgehead atoms. The van der Waals surface area contributed by atoms with Gasteiger partial charge in [-0.1, -0.05) is 57.2 Å². The molecule has 0 aromatic heterocycles. The maximum absolute atomic E-state index is 14.0. The fourth-order valence-electron chi connectivity index (χ4n) is 5.57. The first-order chi connectivity index (χ1) is 14.0. The van der Waals surface area contributed by atoms with E-state index in [9.17, 15) is 17.6 Å². The van der Waals surface area contributed by atoms with Crippen LogP contribution in [0, 0.1) is 23.5 Å². The molecule has 1 saturated heterocycles. The van der Waals surface area contributed by atoms with Gasteiger partial charge < -0.3 is 4.74 Å². The fraction of sp³-hybridized carbons (Fsp3) is 0.739. The highest BCUT2D eigenvalue weighted by Crippen LogP contribution is 2.44. The van der Waals surface area contributed by atoms with Crippen molar-refractivity contribution in [2.45, 2.75) is 95.4 Å². The zero-order chi connectivity index (χ0) is 20.8. The first-order valence-corrected chi connectivity index (χ1v) is 13.9. The summed E-state index contributed by atoms with van der Waals surface area (Å²) in [5.74, 6) is -1.36. The van der Waals surface area contributed by atoms with E-state index in [1.54, 1.807) is 0 Å². The molecule has 29 heavy (non-hydrogen) atoms. The van der Waals surface area contributed by atoms with Crippen molar-refractivity contribution >= 4 is 8.80 Å². The molecule has 0 radical (unpaired) electrons. The Bertz CT molecular complexity index is 615. The maximum atomic E-state index is 14.0. The quantitative estimate of drug-likeness (QED) is 0.234. The van der Waals surface area contributed by atoms with Crippen molar-refractivity contribution in [1.29, 1.82) is 0 Å². The second kappa shape index (κ2) is 10.8. The standard InChI is InChI=1S/C23H34F4OSi/c1-2-3-4-11-29-12-9-18(10-13-29)16-5-7-17(8-6-16)19-14-20(24)22(21(25)15-19)28-23(26)27/h14-18,23,29H,2-13H2,1H3/t16-,17-,18-,29-. The van der Waals surface area contributed by atoms with Crippen molar-refractivity contribution in [3.05, 3.63) is 29.3 Å². The van der Waals surface area contributed by atoms with E-state index in [4.69, 9.17) is 0 Å². The van der Waals surface area contributed by atoms with Gasteiger partial charge in [0, 0.05) is 8.80 Å². The molecule has 164 valence electrons. The maximum Gasteiger partial charge on any atom is 0.387 e. The third-order valence-corrected chi connectivity index (χ3v) is 10.8. The molecule has 1 heterocycles. The Balaban J connectivity index is 1.48. The van der Waals surface area contributed by atoms with Crippen LogP contribution in [0.2, 0.25) is 18.1 Å². The van der Waals surface area contributed by atoms with Crippen molar-refractivity contribution in [2.24, 2.45) is 11.8 Å². The van der Waals surface area contributed by atoms with Crippen LogP contribution < -0.4 is 4.74 Å². The van der Waals surface area contributed by atoms with Crippen LogP contribution in [-0.2, 0) is 0 Å². The lowest BCUT2D eigenvalue weighted by molar-refractivity contribution is -0.0546. The molecule has 6 heteroatoms. The van der Waals surface area contributed by atoms with Gasteiger partial charge in [-0.15, -0.1) is 0 Å². The Morgan fingerprint density at radius 1 is 0.931 bits per heavy atom. The van der Waals surface area contributed by atoms with Crippen LogP contribution in [0.1, 0.15) is 76.2 Å². The van der Waals surface area contributed by atoms with E-state index in [1.807, 2.05) is 0 Å². The fourth-order valence-corrected chi connectivity index (χ4v) is 9.10. The molecule has 0 amide bonds. The lowest BCUT2D eigenvalue weighted by Crippen LogP contribution is -2.28. The predicted octanol–water partition coefficient (Wildman–Crippen LogP) is 7.67. The summed E-state index contributed by atoms with van der Waals surface area (Å²) in [6.45, 7) is -0.964. The summed E-state index contributed by atoms with van der Waals surface area (Å²) < 4.78 is 56.7. The molecule has 0 unspecified atom stereocenters. The van der Waals surface area contributed by atoms with Gasteiger partial charge in [-0.2, -0.15) is 8.78 Å². The first-order valence-electron chi connectivity index (χ1n) is 11.4. The van der Waals surface area contributed by atoms with Gasteiger partial charge in [0.2, 0.25) is 0 Å². The van der Waals surface area contributed by atoms with Gasteiger partial charge in [-0.05, 0) is 61.1 Å². The van der Waals surface area contributed by atoms with Gasteiger partial charge >= 0.3 is 6.61 Å². The molecule has 0 N–H and O–H groups in total. The van der Waals surface area contributed by atoms with Crippen LogP contribution in [0.15, 0.2) is 12.1 Å². The number of hydrogen-bond acceptors (Lipinski definition) is 1. The van der Waals surface area contributed by atoms with E-state index >= 15 is 0 Å². The van der Waals surface area contributed by atoms with Gasteiger partial charge in [0.15, 0.2) is 17.4 Å². The molecule has 0 spiro atoms. The average molecular weight is 431 g/mol. The SMILES string of the molecule is CCCCC[Si@H]1CC[C@H]([C@H]2CC[C@H](c3cc(F)c(OC(F)F)c(F)c3)CC2)CC1. The van der Waals surface area contributed by atoms with Crippen LogP contribution in [0.3, 0.4) is 0 Å². The molecule has 1 aliphatic carbocycles. The highest BCUT2D eigenvalue weighted by Gasteiger charge is 2.32. The van der Waals surface area contributed by atoms with E-state index in [-0.39, 0.29) is 5.92 Å². The second-order valence-electron chi connectivity index (χ2n) is 9.08. The number of benzene rings is 1. The summed E-state index contributed by atoms with van der Waals surface area (Å²) in [5, 5.41) is 0. The lowest BCUT2D eigenvalue weighted by Gasteiger charge is -2.37. The van der Waals surface area contributed by atoms with Crippen LogP contribution >= 0.6 is 0 Å². The van der Waals surface area contributed by atoms with E-state index in [2.05, 4.69) is 11.7 Å². The lowest BCUT2D eigenvalue weighted by atomic mass is 9.72. The first kappa shape index (κ1) is 22.6. The summed E-state index contributed by atoms with van der Waals surface area (Å²) in [7, 11) is -0.488. The zero-order valence-corrected chi connectivity index (χ0v) is 18.6. The minimum atomic E-state index is -3.23. The largest absolute Gasteiger partial charge is 0.429 e. The van der Waals surface area contributed by atoms with E-state index in [0.29, 0.717) is 5.56 Å². The van der Waals surface area contributed by atoms with Gasteiger partial charge in [0.05, 0.1) is 0 Å². The van der Waals surface area contributed by atoms with Crippen LogP contribution in [0.4, 0.5) is 17.6 Å². The molecule has 1 aromatic rings. The summed E-state index contributed by atoms with van der Waals surface area (Å²) in [4.78, 5) is 0. The Morgan fingerprint density at radius 3 is 2.07 bits per heavy atom. The minimum Gasteiger partial charge on any atom is -0.429 e. The van der Waals surface area contributed by atoms with Crippen molar-refractivity contribution in [3.63, 3.8) is 0 Å². The third kappa shape index (κ3) is 6.22. The summed E-state index contributed by atoms with van der Waals surface area (Å²) >= 11 is 0. The molecule has 1 aliphatic heterocycles. The number of alkyl halides is 2. The zero-order valence-electron chi connectivity index (χ0n) is 17.4. The Hall–Kier alpha value is -1.04. The summed E-state index contributed by atoms with van der Waals surface area (Å²) in [6.07, 6.45) is 11.0. The van der Waals surface area contributed by atoms with Gasteiger partial charge in [-0.3, -0.25) is 0 Å². The van der Waals surface area contributed by atoms with Gasteiger partial charge in [0.25, 0.3) is 0 Å². The number of unbranched alkanes of at least 4 members (excludes halogenated alkanes) is 2. The molecular formula is C23H34F4OSi. The average Bonchev–Trinajstić information content (AvgIpc) is 2.71. The number of rotatable bonds is 8. The summed E-state index contributed by atoms with van der Waals surface area (Å²) in [6, 6.07) is 6.88. The van der Waals surface area contributed by atoms with Crippen molar-refractivity contribution < 1.29 is 22.3 Å². The van der Waals surface area contributed by atoms with Crippen LogP contribution in [0.5, 0.6) is 5.75 Å². The molecular weight excluding hydrogens is 396 g/mol. The van der Waals surface area contributed by atoms with Crippen LogP contribution in [-0.4, -0.2) is 15.4 Å². The summed E-state index contributed by atoms with van der Waals surface area (Å²) in [5.41, 5.74) is 0.576. The smallest absolute Gasteiger partial charge is 0.387 e. The Kier molecular flexibility index (Phi) is 8.45. The molecule has 1 saturated carbocycles. The normalized spacial score (nSPS) is 27.9. The number of hydrogen-bond donors (Lipinski definition) is 0. The highest BCUT2D eigenvalue weighted by atomic mass is 28.3. The number of ether oxygens (including phenoxy) is 1. The second-order valence-corrected chi connectivity index (χ2v) is 12.5. The topological polar surface area (TPSA) is 9.23 Å². The van der Waals surface area contributed by atoms with Crippen molar-refractivity contribution in [2.75, 3.05) is 0 Å². The van der Waals surface area contributed by atoms with Gasteiger partial charge in [-0.25, -0.2) is 8.78 Å². The predicted molar refractivity (Wildman–Crippen MR) is 112 cm³/mol. The van der Waals surface area contributed by atoms with E-state index in [1.165, 1.54) is 62.4 Å². The molecule has 2 aliphatic rings. The minimum absolute atomic E-state index is 0.107. The van der Waals surface area contributed by atoms with Crippen LogP contribution in [0.25, 0.3) is 0 Å². The molecule has 1 aromatic carbocycles. The molecule has 1 nitrogen and oxygen atoms in total. The molecule has 3 rings (SSSR count). The van der Waals surface area contributed by atoms with Crippen molar-refractivity contribution in [3.8, 4) is 5.75 Å². The third-order valence-electron chi connectivity index (χ3n) is 7.24. The van der Waals surface area contributed by atoms with E-state index < -0.39 is 32.8 Å². The van der Waals surface area contributed by atoms with E-state index in [0.717, 1.165) is 37.5 Å². The highest BCUT2D eigenvalue weighted by molar-refractivity contribution is 6.58. The Morgan fingerprint density at radius 2 is 1.52 bits per heavy atom. The number of halogens is 4. The monoisotopic (exact) mass is 430 g/mol. The Labute approximate surface area is 173 Å². The van der Waals surface area contributed by atoms with Crippen molar-refractivity contribution in [1.82, 2.24) is 0 Å².